The normalized spacial score (nSPS) is 12.2. The monoisotopic (exact) mass is 309 g/mol. The third kappa shape index (κ3) is 3.49. The Labute approximate surface area is 126 Å². The highest BCUT2D eigenvalue weighted by Gasteiger charge is 2.15. The van der Waals surface area contributed by atoms with Crippen LogP contribution < -0.4 is 10.9 Å². The lowest BCUT2D eigenvalue weighted by Crippen LogP contribution is -2.23. The van der Waals surface area contributed by atoms with Gasteiger partial charge in [0.2, 0.25) is 11.9 Å². The van der Waals surface area contributed by atoms with Gasteiger partial charge in [-0.3, -0.25) is 14.6 Å². The molecule has 2 N–H and O–H groups in total. The Morgan fingerprint density at radius 1 is 1.52 bits per heavy atom. The first-order chi connectivity index (χ1) is 9.90. The van der Waals surface area contributed by atoms with Gasteiger partial charge in [0.15, 0.2) is 0 Å². The van der Waals surface area contributed by atoms with E-state index in [0.29, 0.717) is 23.6 Å². The van der Waals surface area contributed by atoms with Crippen LogP contribution in [0.1, 0.15) is 25.2 Å². The van der Waals surface area contributed by atoms with Gasteiger partial charge in [0, 0.05) is 17.8 Å². The fraction of sp³-hybridized carbons (Fsp3) is 0.385. The van der Waals surface area contributed by atoms with Crippen molar-refractivity contribution in [2.24, 2.45) is 0 Å². The number of amides is 1. The molecule has 0 spiro atoms. The predicted octanol–water partition coefficient (Wildman–Crippen LogP) is 1.39. The maximum absolute atomic E-state index is 11.7. The molecular weight excluding hydrogens is 294 g/mol. The van der Waals surface area contributed by atoms with Crippen LogP contribution in [-0.4, -0.2) is 31.0 Å². The largest absolute Gasteiger partial charge is 0.309 e. The number of rotatable bonds is 4. The number of aromatic nitrogens is 4. The number of alkyl halides is 1. The highest BCUT2D eigenvalue weighted by Crippen LogP contribution is 2.15. The van der Waals surface area contributed by atoms with Crippen molar-refractivity contribution < 1.29 is 4.79 Å². The van der Waals surface area contributed by atoms with E-state index in [1.54, 1.807) is 19.9 Å². The average Bonchev–Trinajstić information content (AvgIpc) is 2.78. The summed E-state index contributed by atoms with van der Waals surface area (Å²) in [5.41, 5.74) is 1.05. The summed E-state index contributed by atoms with van der Waals surface area (Å²) in [7, 11) is 0. The highest BCUT2D eigenvalue weighted by molar-refractivity contribution is 6.32. The summed E-state index contributed by atoms with van der Waals surface area (Å²) in [5.74, 6) is 0.304. The lowest BCUT2D eigenvalue weighted by molar-refractivity contribution is -0.115. The molecule has 0 saturated heterocycles. The zero-order chi connectivity index (χ0) is 15.6. The van der Waals surface area contributed by atoms with Crippen LogP contribution in [0.3, 0.4) is 0 Å². The zero-order valence-corrected chi connectivity index (χ0v) is 12.7. The Morgan fingerprint density at radius 2 is 2.24 bits per heavy atom. The highest BCUT2D eigenvalue weighted by atomic mass is 35.5. The molecule has 8 heteroatoms. The molecule has 1 atom stereocenters. The van der Waals surface area contributed by atoms with Crippen molar-refractivity contribution in [1.82, 2.24) is 19.7 Å². The van der Waals surface area contributed by atoms with Crippen LogP contribution in [0.25, 0.3) is 5.95 Å². The number of hydrogen-bond acceptors (Lipinski definition) is 4. The number of carbonyl (C=O) groups excluding carboxylic acids is 1. The molecule has 2 aromatic rings. The number of anilines is 1. The second-order valence-corrected chi connectivity index (χ2v) is 5.26. The van der Waals surface area contributed by atoms with E-state index in [0.717, 1.165) is 0 Å². The minimum Gasteiger partial charge on any atom is -0.309 e. The first-order valence-corrected chi connectivity index (χ1v) is 6.96. The number of H-pyrrole nitrogens is 1. The van der Waals surface area contributed by atoms with Gasteiger partial charge in [0.05, 0.1) is 5.69 Å². The first kappa shape index (κ1) is 15.2. The van der Waals surface area contributed by atoms with Crippen LogP contribution in [0.15, 0.2) is 16.9 Å². The smallest absolute Gasteiger partial charge is 0.252 e. The number of nitrogens with one attached hydrogen (secondary N) is 2. The van der Waals surface area contributed by atoms with E-state index in [9.17, 15) is 9.59 Å². The van der Waals surface area contributed by atoms with Crippen LogP contribution in [-0.2, 0) is 11.2 Å². The molecule has 0 radical (unpaired) electrons. The van der Waals surface area contributed by atoms with Gasteiger partial charge in [-0.2, -0.15) is 9.78 Å². The maximum Gasteiger partial charge on any atom is 0.252 e. The Hall–Kier alpha value is -2.15. The zero-order valence-electron chi connectivity index (χ0n) is 12.0. The number of nitrogens with zero attached hydrogens (tertiary/aromatic N) is 3. The second kappa shape index (κ2) is 6.09. The number of aryl methyl sites for hydroxylation is 2. The average molecular weight is 310 g/mol. The molecule has 0 aromatic carbocycles. The first-order valence-electron chi connectivity index (χ1n) is 6.53. The van der Waals surface area contributed by atoms with Crippen LogP contribution in [0, 0.1) is 6.92 Å². The minimum absolute atomic E-state index is 0.255. The van der Waals surface area contributed by atoms with E-state index in [1.807, 2.05) is 6.92 Å². The molecular formula is C13H16ClN5O2. The van der Waals surface area contributed by atoms with E-state index in [1.165, 1.54) is 10.7 Å². The lowest BCUT2D eigenvalue weighted by Gasteiger charge is -2.09. The van der Waals surface area contributed by atoms with Crippen molar-refractivity contribution in [2.75, 3.05) is 5.32 Å². The van der Waals surface area contributed by atoms with Crippen molar-refractivity contribution in [3.63, 3.8) is 0 Å². The molecule has 21 heavy (non-hydrogen) atoms. The predicted molar refractivity (Wildman–Crippen MR) is 80.0 cm³/mol. The third-order valence-electron chi connectivity index (χ3n) is 2.79. The molecule has 0 saturated carbocycles. The summed E-state index contributed by atoms with van der Waals surface area (Å²) in [6.45, 7) is 5.25. The van der Waals surface area contributed by atoms with Crippen molar-refractivity contribution in [1.29, 1.82) is 0 Å². The summed E-state index contributed by atoms with van der Waals surface area (Å²) in [6.07, 6.45) is 0.623. The minimum atomic E-state index is -0.678. The molecule has 112 valence electrons. The van der Waals surface area contributed by atoms with Gasteiger partial charge in [-0.05, 0) is 20.3 Å². The summed E-state index contributed by atoms with van der Waals surface area (Å²) in [6, 6.07) is 3.11. The molecule has 0 bridgehead atoms. The fourth-order valence-electron chi connectivity index (χ4n) is 1.75. The topological polar surface area (TPSA) is 92.7 Å². The Bertz CT molecular complexity index is 720. The van der Waals surface area contributed by atoms with Crippen molar-refractivity contribution in [3.05, 3.63) is 33.9 Å². The number of aromatic amines is 1. The maximum atomic E-state index is 11.7. The van der Waals surface area contributed by atoms with Gasteiger partial charge in [0.1, 0.15) is 11.2 Å². The third-order valence-corrected chi connectivity index (χ3v) is 2.99. The van der Waals surface area contributed by atoms with Crippen LogP contribution in [0.4, 0.5) is 5.82 Å². The van der Waals surface area contributed by atoms with Gasteiger partial charge in [-0.1, -0.05) is 6.92 Å². The van der Waals surface area contributed by atoms with Crippen molar-refractivity contribution in [3.8, 4) is 5.95 Å². The standard InChI is InChI=1S/C13H16ClN5O2/c1-4-9-6-11(20)17-13(15-9)19-10(5-7(2)18-19)16-12(21)8(3)14/h5-6,8H,4H2,1-3H3,(H,16,21)(H,15,17,20)/t8-/m0/s1. The molecule has 1 amide bonds. The van der Waals surface area contributed by atoms with Crippen molar-refractivity contribution in [2.45, 2.75) is 32.6 Å². The fourth-order valence-corrected chi connectivity index (χ4v) is 1.81. The Balaban J connectivity index is 2.47. The van der Waals surface area contributed by atoms with E-state index in [4.69, 9.17) is 11.6 Å². The van der Waals surface area contributed by atoms with Crippen LogP contribution in [0.5, 0.6) is 0 Å². The molecule has 2 aromatic heterocycles. The van der Waals surface area contributed by atoms with Gasteiger partial charge < -0.3 is 5.32 Å². The van der Waals surface area contributed by atoms with Gasteiger partial charge in [-0.25, -0.2) is 4.98 Å². The molecule has 0 aliphatic heterocycles. The lowest BCUT2D eigenvalue weighted by atomic mass is 10.3. The summed E-state index contributed by atoms with van der Waals surface area (Å²) in [4.78, 5) is 30.3. The number of halogens is 1. The van der Waals surface area contributed by atoms with Gasteiger partial charge in [-0.15, -0.1) is 11.6 Å². The molecule has 2 rings (SSSR count). The summed E-state index contributed by atoms with van der Waals surface area (Å²) >= 11 is 5.74. The van der Waals surface area contributed by atoms with Gasteiger partial charge in [0.25, 0.3) is 5.56 Å². The molecule has 2 heterocycles. The van der Waals surface area contributed by atoms with Crippen LogP contribution in [0.2, 0.25) is 0 Å². The summed E-state index contributed by atoms with van der Waals surface area (Å²) < 4.78 is 1.38. The SMILES string of the molecule is CCc1cc(=O)[nH]c(-n2nc(C)cc2NC(=O)[C@H](C)Cl)n1. The quantitative estimate of drug-likeness (QED) is 0.835. The molecule has 0 unspecified atom stereocenters. The van der Waals surface area contributed by atoms with Gasteiger partial charge >= 0.3 is 0 Å². The summed E-state index contributed by atoms with van der Waals surface area (Å²) in [5, 5.41) is 6.21. The molecule has 0 fully saturated rings. The Morgan fingerprint density at radius 3 is 2.86 bits per heavy atom. The Kier molecular flexibility index (Phi) is 4.42. The molecule has 0 aliphatic rings. The second-order valence-electron chi connectivity index (χ2n) is 4.60. The molecule has 7 nitrogen and oxygen atoms in total. The number of hydrogen-bond donors (Lipinski definition) is 2. The molecule has 0 aliphatic carbocycles. The van der Waals surface area contributed by atoms with E-state index in [-0.39, 0.29) is 17.4 Å². The van der Waals surface area contributed by atoms with E-state index in [2.05, 4.69) is 20.4 Å². The van der Waals surface area contributed by atoms with Crippen molar-refractivity contribution >= 4 is 23.3 Å². The van der Waals surface area contributed by atoms with Crippen LogP contribution >= 0.6 is 11.6 Å². The number of carbonyl (C=O) groups is 1. The van der Waals surface area contributed by atoms with E-state index < -0.39 is 5.38 Å². The van der Waals surface area contributed by atoms with E-state index >= 15 is 0 Å².